The molecule has 0 aliphatic rings. The van der Waals surface area contributed by atoms with Crippen LogP contribution in [0.4, 0.5) is 5.69 Å². The van der Waals surface area contributed by atoms with Crippen LogP contribution in [-0.2, 0) is 6.61 Å². The van der Waals surface area contributed by atoms with Gasteiger partial charge >= 0.3 is 0 Å². The number of benzene rings is 3. The van der Waals surface area contributed by atoms with Gasteiger partial charge in [-0.15, -0.1) is 0 Å². The Bertz CT molecular complexity index is 958. The highest BCUT2D eigenvalue weighted by Crippen LogP contribution is 2.34. The molecule has 0 bridgehead atoms. The summed E-state index contributed by atoms with van der Waals surface area (Å²) in [6.07, 6.45) is 1.81. The second-order valence-electron chi connectivity index (χ2n) is 6.00. The van der Waals surface area contributed by atoms with Gasteiger partial charge in [-0.2, -0.15) is 0 Å². The summed E-state index contributed by atoms with van der Waals surface area (Å²) in [5.74, 6) is 1.42. The van der Waals surface area contributed by atoms with Gasteiger partial charge in [-0.3, -0.25) is 4.99 Å². The summed E-state index contributed by atoms with van der Waals surface area (Å²) in [4.78, 5) is 4.57. The molecule has 0 unspecified atom stereocenters. The van der Waals surface area contributed by atoms with Crippen LogP contribution in [0.2, 0.25) is 5.02 Å². The van der Waals surface area contributed by atoms with Crippen molar-refractivity contribution in [3.8, 4) is 11.5 Å². The fourth-order valence-electron chi connectivity index (χ4n) is 2.55. The van der Waals surface area contributed by atoms with E-state index in [1.807, 2.05) is 73.8 Å². The predicted octanol–water partition coefficient (Wildman–Crippen LogP) is 6.59. The fraction of sp³-hybridized carbons (Fsp3) is 0.136. The van der Waals surface area contributed by atoms with Crippen LogP contribution in [0.5, 0.6) is 11.5 Å². The van der Waals surface area contributed by atoms with Crippen molar-refractivity contribution in [1.29, 1.82) is 0 Å². The standard InChI is InChI=1S/C22H19ClINO2/c1-15-8-9-18(23)12-20(15)25-13-17-10-19(24)22(21(11-17)26-2)27-14-16-6-4-3-5-7-16/h3-13H,14H2,1-2H3. The third kappa shape index (κ3) is 5.23. The molecule has 0 N–H and O–H groups in total. The van der Waals surface area contributed by atoms with Crippen LogP contribution in [0.1, 0.15) is 16.7 Å². The molecule has 27 heavy (non-hydrogen) atoms. The van der Waals surface area contributed by atoms with Gasteiger partial charge in [-0.25, -0.2) is 0 Å². The van der Waals surface area contributed by atoms with Crippen molar-refractivity contribution in [2.45, 2.75) is 13.5 Å². The lowest BCUT2D eigenvalue weighted by Gasteiger charge is -2.13. The quantitative estimate of drug-likeness (QED) is 0.288. The van der Waals surface area contributed by atoms with Gasteiger partial charge < -0.3 is 9.47 Å². The van der Waals surface area contributed by atoms with E-state index in [1.54, 1.807) is 7.11 Å². The zero-order valence-electron chi connectivity index (χ0n) is 15.1. The molecule has 0 aliphatic heterocycles. The van der Waals surface area contributed by atoms with Crippen LogP contribution >= 0.6 is 34.2 Å². The fourth-order valence-corrected chi connectivity index (χ4v) is 3.50. The van der Waals surface area contributed by atoms with E-state index in [1.165, 1.54) is 0 Å². The highest BCUT2D eigenvalue weighted by Gasteiger charge is 2.11. The predicted molar refractivity (Wildman–Crippen MR) is 120 cm³/mol. The van der Waals surface area contributed by atoms with E-state index in [4.69, 9.17) is 21.1 Å². The van der Waals surface area contributed by atoms with E-state index >= 15 is 0 Å². The highest BCUT2D eigenvalue weighted by molar-refractivity contribution is 14.1. The first-order chi connectivity index (χ1) is 13.1. The van der Waals surface area contributed by atoms with Crippen molar-refractivity contribution in [2.24, 2.45) is 4.99 Å². The number of aryl methyl sites for hydroxylation is 1. The van der Waals surface area contributed by atoms with E-state index < -0.39 is 0 Å². The van der Waals surface area contributed by atoms with Crippen LogP contribution < -0.4 is 9.47 Å². The van der Waals surface area contributed by atoms with Gasteiger partial charge in [0.05, 0.1) is 16.4 Å². The molecule has 3 rings (SSSR count). The summed E-state index contributed by atoms with van der Waals surface area (Å²) >= 11 is 8.32. The first kappa shape index (κ1) is 19.7. The molecular weight excluding hydrogens is 473 g/mol. The van der Waals surface area contributed by atoms with E-state index in [9.17, 15) is 0 Å². The maximum Gasteiger partial charge on any atom is 0.174 e. The summed E-state index contributed by atoms with van der Waals surface area (Å²) in [7, 11) is 1.64. The normalized spacial score (nSPS) is 11.0. The molecular formula is C22H19ClINO2. The van der Waals surface area contributed by atoms with Crippen molar-refractivity contribution in [3.63, 3.8) is 0 Å². The number of hydrogen-bond acceptors (Lipinski definition) is 3. The van der Waals surface area contributed by atoms with E-state index in [-0.39, 0.29) is 0 Å². The van der Waals surface area contributed by atoms with Crippen LogP contribution in [0, 0.1) is 10.5 Å². The first-order valence-electron chi connectivity index (χ1n) is 8.41. The Labute approximate surface area is 178 Å². The molecule has 0 saturated carbocycles. The number of ether oxygens (including phenoxy) is 2. The Morgan fingerprint density at radius 2 is 1.85 bits per heavy atom. The van der Waals surface area contributed by atoms with Gasteiger partial charge in [0.15, 0.2) is 11.5 Å². The summed E-state index contributed by atoms with van der Waals surface area (Å²) in [6.45, 7) is 2.50. The van der Waals surface area contributed by atoms with Gasteiger partial charge in [0.1, 0.15) is 6.61 Å². The zero-order chi connectivity index (χ0) is 19.2. The average molecular weight is 492 g/mol. The monoisotopic (exact) mass is 491 g/mol. The van der Waals surface area contributed by atoms with Crippen LogP contribution in [0.3, 0.4) is 0 Å². The number of hydrogen-bond donors (Lipinski definition) is 0. The summed E-state index contributed by atoms with van der Waals surface area (Å²) in [5.41, 5.74) is 3.96. The number of aliphatic imine (C=N–C) groups is 1. The summed E-state index contributed by atoms with van der Waals surface area (Å²) in [5, 5.41) is 0.671. The largest absolute Gasteiger partial charge is 0.493 e. The van der Waals surface area contributed by atoms with Gasteiger partial charge in [0.25, 0.3) is 0 Å². The lowest BCUT2D eigenvalue weighted by atomic mass is 10.2. The Morgan fingerprint density at radius 1 is 1.07 bits per heavy atom. The van der Waals surface area contributed by atoms with Crippen molar-refractivity contribution in [3.05, 3.63) is 85.9 Å². The Morgan fingerprint density at radius 3 is 2.59 bits per heavy atom. The van der Waals surface area contributed by atoms with Gasteiger partial charge in [-0.1, -0.05) is 48.0 Å². The molecule has 0 atom stereocenters. The molecule has 0 radical (unpaired) electrons. The van der Waals surface area contributed by atoms with Crippen LogP contribution in [0.25, 0.3) is 0 Å². The molecule has 0 saturated heterocycles. The van der Waals surface area contributed by atoms with E-state index in [0.717, 1.165) is 31.7 Å². The summed E-state index contributed by atoms with van der Waals surface area (Å²) in [6, 6.07) is 19.7. The van der Waals surface area contributed by atoms with Crippen molar-refractivity contribution < 1.29 is 9.47 Å². The van der Waals surface area contributed by atoms with Crippen molar-refractivity contribution in [2.75, 3.05) is 7.11 Å². The Hall–Kier alpha value is -2.05. The van der Waals surface area contributed by atoms with Crippen molar-refractivity contribution >= 4 is 46.1 Å². The Kier molecular flexibility index (Phi) is 6.74. The second kappa shape index (κ2) is 9.24. The molecule has 0 fully saturated rings. The minimum Gasteiger partial charge on any atom is -0.493 e. The van der Waals surface area contributed by atoms with E-state index in [0.29, 0.717) is 17.4 Å². The molecule has 0 aromatic heterocycles. The molecule has 0 heterocycles. The maximum atomic E-state index is 6.07. The third-order valence-corrected chi connectivity index (χ3v) is 5.04. The molecule has 3 aromatic carbocycles. The topological polar surface area (TPSA) is 30.8 Å². The van der Waals surface area contributed by atoms with Crippen LogP contribution in [-0.4, -0.2) is 13.3 Å². The maximum absolute atomic E-state index is 6.07. The lowest BCUT2D eigenvalue weighted by Crippen LogP contribution is -2.00. The summed E-state index contributed by atoms with van der Waals surface area (Å²) < 4.78 is 12.5. The molecule has 0 spiro atoms. The van der Waals surface area contributed by atoms with Gasteiger partial charge in [0, 0.05) is 11.2 Å². The molecule has 138 valence electrons. The molecule has 0 aliphatic carbocycles. The first-order valence-corrected chi connectivity index (χ1v) is 9.87. The number of rotatable bonds is 6. The average Bonchev–Trinajstić information content (AvgIpc) is 2.68. The van der Waals surface area contributed by atoms with Gasteiger partial charge in [0.2, 0.25) is 0 Å². The van der Waals surface area contributed by atoms with E-state index in [2.05, 4.69) is 27.6 Å². The van der Waals surface area contributed by atoms with Crippen LogP contribution in [0.15, 0.2) is 65.7 Å². The molecule has 0 amide bonds. The minimum atomic E-state index is 0.488. The highest BCUT2D eigenvalue weighted by atomic mass is 127. The molecule has 3 nitrogen and oxygen atoms in total. The Balaban J connectivity index is 1.83. The van der Waals surface area contributed by atoms with Crippen molar-refractivity contribution in [1.82, 2.24) is 0 Å². The number of halogens is 2. The number of nitrogens with zero attached hydrogens (tertiary/aromatic N) is 1. The SMILES string of the molecule is COc1cc(C=Nc2cc(Cl)ccc2C)cc(I)c1OCc1ccccc1. The smallest absolute Gasteiger partial charge is 0.174 e. The third-order valence-electron chi connectivity index (χ3n) is 4.00. The molecule has 3 aromatic rings. The lowest BCUT2D eigenvalue weighted by molar-refractivity contribution is 0.282. The van der Waals surface area contributed by atoms with Gasteiger partial charge in [-0.05, 0) is 70.5 Å². The molecule has 5 heteroatoms. The number of methoxy groups -OCH3 is 1. The minimum absolute atomic E-state index is 0.488. The zero-order valence-corrected chi connectivity index (χ0v) is 18.0. The second-order valence-corrected chi connectivity index (χ2v) is 7.60.